The smallest absolute Gasteiger partial charge is 0.343 e. The van der Waals surface area contributed by atoms with E-state index in [9.17, 15) is 4.79 Å². The molecule has 2 aliphatic heterocycles. The summed E-state index contributed by atoms with van der Waals surface area (Å²) >= 11 is 3.37. The predicted molar refractivity (Wildman–Crippen MR) is 155 cm³/mol. The van der Waals surface area contributed by atoms with Crippen LogP contribution in [-0.4, -0.2) is 60.4 Å². The Morgan fingerprint density at radius 1 is 0.897 bits per heavy atom. The Bertz CT molecular complexity index is 1290. The molecule has 0 bridgehead atoms. The minimum absolute atomic E-state index is 0.322. The molecule has 3 heterocycles. The van der Waals surface area contributed by atoms with Gasteiger partial charge in [0.25, 0.3) is 0 Å². The summed E-state index contributed by atoms with van der Waals surface area (Å²) < 4.78 is 11.8. The SMILES string of the molecule is COc1cc(C=NNc2nc(N3CCCCC3)nc(N3CCCCC3)n2)ccc1OC(=O)c1cccc(Br)c1. The molecule has 0 aliphatic carbocycles. The molecule has 39 heavy (non-hydrogen) atoms. The molecular formula is C28H32BrN7O3. The zero-order chi connectivity index (χ0) is 27.0. The number of ether oxygens (including phenoxy) is 2. The van der Waals surface area contributed by atoms with Crippen molar-refractivity contribution in [3.8, 4) is 11.5 Å². The first-order valence-electron chi connectivity index (χ1n) is 13.3. The number of methoxy groups -OCH3 is 1. The van der Waals surface area contributed by atoms with Crippen LogP contribution in [0.4, 0.5) is 17.8 Å². The van der Waals surface area contributed by atoms with Crippen LogP contribution in [0.2, 0.25) is 0 Å². The first-order valence-corrected chi connectivity index (χ1v) is 14.1. The second-order valence-electron chi connectivity index (χ2n) is 9.53. The van der Waals surface area contributed by atoms with Crippen LogP contribution in [0.15, 0.2) is 52.0 Å². The van der Waals surface area contributed by atoms with Gasteiger partial charge in [0.1, 0.15) is 0 Å². The Hall–Kier alpha value is -3.73. The Morgan fingerprint density at radius 3 is 2.18 bits per heavy atom. The molecule has 2 aliphatic rings. The van der Waals surface area contributed by atoms with Gasteiger partial charge in [0.05, 0.1) is 18.9 Å². The molecule has 2 fully saturated rings. The van der Waals surface area contributed by atoms with E-state index in [1.54, 1.807) is 42.6 Å². The van der Waals surface area contributed by atoms with Crippen molar-refractivity contribution in [2.24, 2.45) is 5.10 Å². The molecule has 0 spiro atoms. The number of nitrogens with zero attached hydrogens (tertiary/aromatic N) is 6. The molecule has 10 nitrogen and oxygen atoms in total. The van der Waals surface area contributed by atoms with Crippen molar-refractivity contribution < 1.29 is 14.3 Å². The van der Waals surface area contributed by atoms with Crippen LogP contribution in [0.25, 0.3) is 0 Å². The maximum absolute atomic E-state index is 12.6. The van der Waals surface area contributed by atoms with Crippen LogP contribution < -0.4 is 24.7 Å². The summed E-state index contributed by atoms with van der Waals surface area (Å²) in [5, 5.41) is 4.37. The first-order chi connectivity index (χ1) is 19.1. The standard InChI is InChI=1S/C28H32BrN7O3/c1-38-24-17-20(11-12-23(24)39-25(37)21-9-8-10-22(29)18-21)19-30-34-26-31-27(35-13-4-2-5-14-35)33-28(32-26)36-15-6-3-7-16-36/h8-12,17-19H,2-7,13-16H2,1H3,(H,31,32,33,34). The molecule has 0 amide bonds. The average Bonchev–Trinajstić information content (AvgIpc) is 2.98. The van der Waals surface area contributed by atoms with Gasteiger partial charge in [-0.2, -0.15) is 20.1 Å². The highest BCUT2D eigenvalue weighted by atomic mass is 79.9. The fourth-order valence-electron chi connectivity index (χ4n) is 4.66. The van der Waals surface area contributed by atoms with E-state index >= 15 is 0 Å². The van der Waals surface area contributed by atoms with Gasteiger partial charge in [0.2, 0.25) is 17.8 Å². The summed E-state index contributed by atoms with van der Waals surface area (Å²) in [5.74, 6) is 2.07. The summed E-state index contributed by atoms with van der Waals surface area (Å²) in [5.41, 5.74) is 4.18. The van der Waals surface area contributed by atoms with E-state index in [1.807, 2.05) is 6.07 Å². The average molecular weight is 595 g/mol. The summed E-state index contributed by atoms with van der Waals surface area (Å²) in [6.45, 7) is 3.80. The van der Waals surface area contributed by atoms with Gasteiger partial charge in [-0.15, -0.1) is 0 Å². The zero-order valence-electron chi connectivity index (χ0n) is 22.0. The van der Waals surface area contributed by atoms with Gasteiger partial charge < -0.3 is 19.3 Å². The van der Waals surface area contributed by atoms with Gasteiger partial charge in [0.15, 0.2) is 11.5 Å². The van der Waals surface area contributed by atoms with Crippen LogP contribution in [0.3, 0.4) is 0 Å². The quantitative estimate of drug-likeness (QED) is 0.161. The molecule has 3 aromatic rings. The van der Waals surface area contributed by atoms with Gasteiger partial charge >= 0.3 is 5.97 Å². The monoisotopic (exact) mass is 593 g/mol. The fourth-order valence-corrected chi connectivity index (χ4v) is 5.06. The summed E-state index contributed by atoms with van der Waals surface area (Å²) in [6, 6.07) is 12.3. The molecule has 5 rings (SSSR count). The van der Waals surface area contributed by atoms with E-state index in [-0.39, 0.29) is 0 Å². The lowest BCUT2D eigenvalue weighted by molar-refractivity contribution is 0.0729. The van der Waals surface area contributed by atoms with E-state index in [2.05, 4.69) is 46.2 Å². The molecular weight excluding hydrogens is 562 g/mol. The third-order valence-corrected chi connectivity index (χ3v) is 7.21. The predicted octanol–water partition coefficient (Wildman–Crippen LogP) is 5.29. The lowest BCUT2D eigenvalue weighted by Crippen LogP contribution is -2.34. The lowest BCUT2D eigenvalue weighted by Gasteiger charge is -2.30. The molecule has 11 heteroatoms. The molecule has 0 atom stereocenters. The Balaban J connectivity index is 1.30. The number of benzene rings is 2. The minimum atomic E-state index is -0.471. The molecule has 2 aromatic carbocycles. The van der Waals surface area contributed by atoms with Gasteiger partial charge in [-0.3, -0.25) is 0 Å². The molecule has 0 unspecified atom stereocenters. The Kier molecular flexibility index (Phi) is 8.87. The van der Waals surface area contributed by atoms with Crippen molar-refractivity contribution in [2.45, 2.75) is 38.5 Å². The van der Waals surface area contributed by atoms with Crippen molar-refractivity contribution >= 4 is 46.0 Å². The Labute approximate surface area is 236 Å². The number of hydrogen-bond donors (Lipinski definition) is 1. The maximum atomic E-state index is 12.6. The van der Waals surface area contributed by atoms with Crippen molar-refractivity contribution in [3.63, 3.8) is 0 Å². The van der Waals surface area contributed by atoms with Crippen LogP contribution in [0.1, 0.15) is 54.4 Å². The van der Waals surface area contributed by atoms with Gasteiger partial charge in [-0.1, -0.05) is 22.0 Å². The number of halogens is 1. The summed E-state index contributed by atoms with van der Waals surface area (Å²) in [4.78, 5) is 31.2. The van der Waals surface area contributed by atoms with Crippen molar-refractivity contribution in [3.05, 3.63) is 58.1 Å². The van der Waals surface area contributed by atoms with Gasteiger partial charge in [-0.05, 0) is 80.5 Å². The van der Waals surface area contributed by atoms with Crippen molar-refractivity contribution in [2.75, 3.05) is 48.5 Å². The number of hydrazone groups is 1. The van der Waals surface area contributed by atoms with Crippen LogP contribution >= 0.6 is 15.9 Å². The highest BCUT2D eigenvalue weighted by Gasteiger charge is 2.20. The number of nitrogens with one attached hydrogen (secondary N) is 1. The van der Waals surface area contributed by atoms with E-state index in [0.717, 1.165) is 61.9 Å². The molecule has 0 radical (unpaired) electrons. The number of aromatic nitrogens is 3. The molecule has 1 N–H and O–H groups in total. The molecule has 2 saturated heterocycles. The van der Waals surface area contributed by atoms with E-state index in [4.69, 9.17) is 14.5 Å². The van der Waals surface area contributed by atoms with Crippen molar-refractivity contribution in [1.29, 1.82) is 0 Å². The molecule has 204 valence electrons. The minimum Gasteiger partial charge on any atom is -0.493 e. The van der Waals surface area contributed by atoms with E-state index < -0.39 is 5.97 Å². The summed E-state index contributed by atoms with van der Waals surface area (Å²) in [7, 11) is 1.53. The number of carbonyl (C=O) groups is 1. The highest BCUT2D eigenvalue weighted by molar-refractivity contribution is 9.10. The van der Waals surface area contributed by atoms with Crippen LogP contribution in [-0.2, 0) is 0 Å². The number of piperidine rings is 2. The van der Waals surface area contributed by atoms with E-state index in [1.165, 1.54) is 20.0 Å². The van der Waals surface area contributed by atoms with Crippen LogP contribution in [0, 0.1) is 0 Å². The van der Waals surface area contributed by atoms with Crippen LogP contribution in [0.5, 0.6) is 11.5 Å². The number of carbonyl (C=O) groups excluding carboxylic acids is 1. The lowest BCUT2D eigenvalue weighted by atomic mass is 10.1. The maximum Gasteiger partial charge on any atom is 0.343 e. The fraction of sp³-hybridized carbons (Fsp3) is 0.393. The molecule has 0 saturated carbocycles. The molecule has 1 aromatic heterocycles. The number of rotatable bonds is 8. The van der Waals surface area contributed by atoms with Gasteiger partial charge in [0, 0.05) is 30.7 Å². The second kappa shape index (κ2) is 12.9. The van der Waals surface area contributed by atoms with Gasteiger partial charge in [-0.25, -0.2) is 10.2 Å². The number of esters is 1. The largest absolute Gasteiger partial charge is 0.493 e. The number of hydrogen-bond acceptors (Lipinski definition) is 10. The first kappa shape index (κ1) is 26.9. The second-order valence-corrected chi connectivity index (χ2v) is 10.5. The van der Waals surface area contributed by atoms with Crippen molar-refractivity contribution in [1.82, 2.24) is 15.0 Å². The highest BCUT2D eigenvalue weighted by Crippen LogP contribution is 2.29. The third-order valence-electron chi connectivity index (χ3n) is 6.72. The van der Waals surface area contributed by atoms with E-state index in [0.29, 0.717) is 34.9 Å². The Morgan fingerprint density at radius 2 is 1.56 bits per heavy atom. The zero-order valence-corrected chi connectivity index (χ0v) is 23.6. The normalized spacial score (nSPS) is 15.8. The topological polar surface area (TPSA) is 105 Å². The third kappa shape index (κ3) is 7.03. The summed E-state index contributed by atoms with van der Waals surface area (Å²) in [6.07, 6.45) is 8.68. The number of anilines is 3.